The van der Waals surface area contributed by atoms with Gasteiger partial charge in [0.2, 0.25) is 0 Å². The molecule has 2 unspecified atom stereocenters. The van der Waals surface area contributed by atoms with Gasteiger partial charge in [0.05, 0.1) is 0 Å². The molecule has 0 aliphatic heterocycles. The third-order valence-corrected chi connectivity index (χ3v) is 4.52. The molecule has 0 spiro atoms. The van der Waals surface area contributed by atoms with E-state index in [1.807, 2.05) is 11.3 Å². The molecule has 1 saturated carbocycles. The number of rotatable bonds is 0. The lowest BCUT2D eigenvalue weighted by molar-refractivity contribution is 1.01. The SMILES string of the molecule is C1=CC2CC2c2c1sc1ccccc21. The van der Waals surface area contributed by atoms with E-state index in [0.29, 0.717) is 0 Å². The third-order valence-electron chi connectivity index (χ3n) is 3.37. The van der Waals surface area contributed by atoms with Crippen LogP contribution >= 0.6 is 11.3 Å². The molecule has 2 aromatic rings. The Bertz CT molecular complexity index is 547. The van der Waals surface area contributed by atoms with Gasteiger partial charge in [-0.15, -0.1) is 11.3 Å². The molecule has 0 N–H and O–H groups in total. The molecule has 0 saturated heterocycles. The van der Waals surface area contributed by atoms with Crippen LogP contribution in [-0.4, -0.2) is 0 Å². The van der Waals surface area contributed by atoms with Crippen molar-refractivity contribution in [1.82, 2.24) is 0 Å². The van der Waals surface area contributed by atoms with E-state index in [1.54, 1.807) is 5.56 Å². The molecule has 2 atom stereocenters. The summed E-state index contributed by atoms with van der Waals surface area (Å²) in [5.41, 5.74) is 1.64. The van der Waals surface area contributed by atoms with Crippen molar-refractivity contribution in [2.45, 2.75) is 12.3 Å². The zero-order valence-corrected chi connectivity index (χ0v) is 8.55. The quantitative estimate of drug-likeness (QED) is 0.599. The topological polar surface area (TPSA) is 0 Å². The molecule has 1 aromatic carbocycles. The van der Waals surface area contributed by atoms with Gasteiger partial charge >= 0.3 is 0 Å². The van der Waals surface area contributed by atoms with E-state index in [-0.39, 0.29) is 0 Å². The molecule has 68 valence electrons. The summed E-state index contributed by atoms with van der Waals surface area (Å²) in [4.78, 5) is 1.50. The van der Waals surface area contributed by atoms with Crippen LogP contribution in [0.2, 0.25) is 0 Å². The second-order valence-electron chi connectivity index (χ2n) is 4.24. The van der Waals surface area contributed by atoms with Crippen LogP contribution in [0.5, 0.6) is 0 Å². The highest BCUT2D eigenvalue weighted by Gasteiger charge is 2.41. The Morgan fingerprint density at radius 1 is 1.21 bits per heavy atom. The molecule has 4 rings (SSSR count). The lowest BCUT2D eigenvalue weighted by Gasteiger charge is -2.03. The van der Waals surface area contributed by atoms with Crippen LogP contribution in [0.25, 0.3) is 16.2 Å². The van der Waals surface area contributed by atoms with Gasteiger partial charge in [0.1, 0.15) is 0 Å². The predicted molar refractivity (Wildman–Crippen MR) is 61.7 cm³/mol. The van der Waals surface area contributed by atoms with Gasteiger partial charge in [-0.25, -0.2) is 0 Å². The molecule has 0 bridgehead atoms. The van der Waals surface area contributed by atoms with Crippen molar-refractivity contribution in [3.63, 3.8) is 0 Å². The number of fused-ring (bicyclic) bond motifs is 5. The van der Waals surface area contributed by atoms with Crippen molar-refractivity contribution in [1.29, 1.82) is 0 Å². The minimum Gasteiger partial charge on any atom is -0.136 e. The van der Waals surface area contributed by atoms with Crippen LogP contribution < -0.4 is 0 Å². The van der Waals surface area contributed by atoms with E-state index in [0.717, 1.165) is 11.8 Å². The zero-order chi connectivity index (χ0) is 9.12. The Morgan fingerprint density at radius 3 is 3.14 bits per heavy atom. The fourth-order valence-electron chi connectivity index (χ4n) is 2.56. The maximum atomic E-state index is 2.39. The molecule has 2 aliphatic carbocycles. The zero-order valence-electron chi connectivity index (χ0n) is 7.73. The minimum atomic E-state index is 0.853. The Balaban J connectivity index is 2.15. The molecule has 1 heterocycles. The Hall–Kier alpha value is -1.08. The molecule has 0 nitrogen and oxygen atoms in total. The van der Waals surface area contributed by atoms with Crippen molar-refractivity contribution < 1.29 is 0 Å². The van der Waals surface area contributed by atoms with Gasteiger partial charge in [-0.1, -0.05) is 24.3 Å². The van der Waals surface area contributed by atoms with Crippen LogP contribution in [0.1, 0.15) is 22.8 Å². The first-order valence-electron chi connectivity index (χ1n) is 5.13. The van der Waals surface area contributed by atoms with E-state index in [1.165, 1.54) is 21.4 Å². The fourth-order valence-corrected chi connectivity index (χ4v) is 3.75. The van der Waals surface area contributed by atoms with Crippen molar-refractivity contribution in [2.24, 2.45) is 5.92 Å². The lowest BCUT2D eigenvalue weighted by Crippen LogP contribution is -1.86. The summed E-state index contributed by atoms with van der Waals surface area (Å²) in [5.74, 6) is 1.71. The van der Waals surface area contributed by atoms with Crippen molar-refractivity contribution in [3.05, 3.63) is 40.8 Å². The summed E-state index contributed by atoms with van der Waals surface area (Å²) >= 11 is 1.94. The van der Waals surface area contributed by atoms with Gasteiger partial charge in [0, 0.05) is 9.58 Å². The molecule has 0 radical (unpaired) electrons. The van der Waals surface area contributed by atoms with Gasteiger partial charge < -0.3 is 0 Å². The van der Waals surface area contributed by atoms with E-state index in [2.05, 4.69) is 36.4 Å². The van der Waals surface area contributed by atoms with E-state index in [4.69, 9.17) is 0 Å². The average Bonchev–Trinajstić information content (AvgIpc) is 2.91. The second kappa shape index (κ2) is 2.29. The van der Waals surface area contributed by atoms with Gasteiger partial charge in [-0.3, -0.25) is 0 Å². The first-order chi connectivity index (χ1) is 6.93. The van der Waals surface area contributed by atoms with E-state index in [9.17, 15) is 0 Å². The smallest absolute Gasteiger partial charge is 0.0352 e. The van der Waals surface area contributed by atoms with Crippen molar-refractivity contribution >= 4 is 27.5 Å². The van der Waals surface area contributed by atoms with Gasteiger partial charge in [0.15, 0.2) is 0 Å². The standard InChI is InChI=1S/C13H10S/c1-2-4-11-9(3-1)13-10-7-8(10)5-6-12(13)14-11/h1-6,8,10H,7H2. The summed E-state index contributed by atoms with van der Waals surface area (Å²) in [6.07, 6.45) is 6.10. The van der Waals surface area contributed by atoms with Crippen LogP contribution in [0.3, 0.4) is 0 Å². The predicted octanol–water partition coefficient (Wildman–Crippen LogP) is 4.03. The first kappa shape index (κ1) is 7.24. The van der Waals surface area contributed by atoms with Crippen molar-refractivity contribution in [3.8, 4) is 0 Å². The molecule has 1 heteroatoms. The number of benzene rings is 1. The largest absolute Gasteiger partial charge is 0.136 e. The minimum absolute atomic E-state index is 0.853. The monoisotopic (exact) mass is 198 g/mol. The first-order valence-corrected chi connectivity index (χ1v) is 5.95. The fraction of sp³-hybridized carbons (Fsp3) is 0.231. The maximum absolute atomic E-state index is 2.39. The van der Waals surface area contributed by atoms with Gasteiger partial charge in [-0.2, -0.15) is 0 Å². The number of thiophene rings is 1. The summed E-state index contributed by atoms with van der Waals surface area (Å²) in [6, 6.07) is 8.81. The van der Waals surface area contributed by atoms with E-state index >= 15 is 0 Å². The summed E-state index contributed by atoms with van der Waals surface area (Å²) in [7, 11) is 0. The maximum Gasteiger partial charge on any atom is 0.0352 e. The Kier molecular flexibility index (Phi) is 1.18. The van der Waals surface area contributed by atoms with Gasteiger partial charge in [0.25, 0.3) is 0 Å². The van der Waals surface area contributed by atoms with Crippen molar-refractivity contribution in [2.75, 3.05) is 0 Å². The molecule has 0 amide bonds. The van der Waals surface area contributed by atoms with Crippen LogP contribution in [-0.2, 0) is 0 Å². The number of hydrogen-bond acceptors (Lipinski definition) is 1. The summed E-state index contributed by atoms with van der Waals surface area (Å²) in [6.45, 7) is 0. The molecule has 2 aliphatic rings. The molecular formula is C13H10S. The highest BCUT2D eigenvalue weighted by molar-refractivity contribution is 7.20. The van der Waals surface area contributed by atoms with Crippen LogP contribution in [0.4, 0.5) is 0 Å². The number of allylic oxidation sites excluding steroid dienone is 1. The second-order valence-corrected chi connectivity index (χ2v) is 5.33. The van der Waals surface area contributed by atoms with Crippen LogP contribution in [0, 0.1) is 5.92 Å². The van der Waals surface area contributed by atoms with E-state index < -0.39 is 0 Å². The third kappa shape index (κ3) is 0.788. The van der Waals surface area contributed by atoms with Crippen LogP contribution in [0.15, 0.2) is 30.3 Å². The Morgan fingerprint density at radius 2 is 2.14 bits per heavy atom. The number of hydrogen-bond donors (Lipinski definition) is 0. The average molecular weight is 198 g/mol. The lowest BCUT2D eigenvalue weighted by atomic mass is 10.0. The molecule has 14 heavy (non-hydrogen) atoms. The molecule has 1 fully saturated rings. The van der Waals surface area contributed by atoms with Gasteiger partial charge in [-0.05, 0) is 41.3 Å². The molecule has 1 aromatic heterocycles. The summed E-state index contributed by atoms with van der Waals surface area (Å²) < 4.78 is 1.45. The normalized spacial score (nSPS) is 27.4. The highest BCUT2D eigenvalue weighted by atomic mass is 32.1. The molecular weight excluding hydrogens is 188 g/mol. The highest BCUT2D eigenvalue weighted by Crippen LogP contribution is 2.56. The summed E-state index contributed by atoms with van der Waals surface area (Å²) in [5, 5.41) is 1.50. The Labute approximate surface area is 86.9 Å².